The molecule has 0 saturated carbocycles. The molecule has 0 spiro atoms. The highest BCUT2D eigenvalue weighted by atomic mass is 16.5. The Morgan fingerprint density at radius 1 is 0.921 bits per heavy atom. The van der Waals surface area contributed by atoms with Gasteiger partial charge in [0.15, 0.2) is 5.78 Å². The third-order valence-electron chi connectivity index (χ3n) is 7.11. The van der Waals surface area contributed by atoms with Gasteiger partial charge < -0.3 is 14.5 Å². The normalized spacial score (nSPS) is 14.1. The number of fused-ring (bicyclic) bond motifs is 1. The van der Waals surface area contributed by atoms with E-state index in [1.807, 2.05) is 36.4 Å². The standard InChI is InChI=1S/C31H34N4O3/c1-22-3-5-26(6-4-22)31-28(12-14-30(37)32-15-16-34-17-19-38-20-18-34)35-21-27(11-13-29(35)33-31)25-9-7-24(8-10-25)23(2)36/h3-11,13,21H,12,14-20H2,1-2H3,(H,32,37). The Morgan fingerprint density at radius 2 is 1.61 bits per heavy atom. The van der Waals surface area contributed by atoms with Crippen molar-refractivity contribution in [2.45, 2.75) is 26.7 Å². The van der Waals surface area contributed by atoms with Gasteiger partial charge in [-0.3, -0.25) is 14.5 Å². The zero-order valence-corrected chi connectivity index (χ0v) is 22.1. The van der Waals surface area contributed by atoms with Gasteiger partial charge in [0.05, 0.1) is 24.6 Å². The average molecular weight is 511 g/mol. The van der Waals surface area contributed by atoms with Crippen LogP contribution in [-0.4, -0.2) is 65.4 Å². The third kappa shape index (κ3) is 6.01. The molecule has 1 aliphatic heterocycles. The fraction of sp³-hybridized carbons (Fsp3) is 0.323. The Morgan fingerprint density at radius 3 is 2.32 bits per heavy atom. The lowest BCUT2D eigenvalue weighted by Gasteiger charge is -2.26. The first-order chi connectivity index (χ1) is 18.5. The van der Waals surface area contributed by atoms with Gasteiger partial charge in [-0.1, -0.05) is 54.1 Å². The van der Waals surface area contributed by atoms with Gasteiger partial charge in [-0.25, -0.2) is 4.98 Å². The molecule has 38 heavy (non-hydrogen) atoms. The molecule has 1 aliphatic rings. The molecule has 7 nitrogen and oxygen atoms in total. The molecule has 2 aromatic heterocycles. The Bertz CT molecular complexity index is 1420. The summed E-state index contributed by atoms with van der Waals surface area (Å²) in [6.07, 6.45) is 3.03. The van der Waals surface area contributed by atoms with Gasteiger partial charge in [0.25, 0.3) is 0 Å². The van der Waals surface area contributed by atoms with Crippen LogP contribution in [0.15, 0.2) is 66.9 Å². The molecule has 1 N–H and O–H groups in total. The van der Waals surface area contributed by atoms with E-state index in [9.17, 15) is 9.59 Å². The molecule has 196 valence electrons. The molecule has 0 radical (unpaired) electrons. The van der Waals surface area contributed by atoms with E-state index in [1.54, 1.807) is 6.92 Å². The number of morpholine rings is 1. The van der Waals surface area contributed by atoms with Crippen LogP contribution in [0, 0.1) is 6.92 Å². The first kappa shape index (κ1) is 25.8. The summed E-state index contributed by atoms with van der Waals surface area (Å²) in [5, 5.41) is 3.08. The third-order valence-corrected chi connectivity index (χ3v) is 7.11. The van der Waals surface area contributed by atoms with Crippen LogP contribution in [0.3, 0.4) is 0 Å². The van der Waals surface area contributed by atoms with E-state index in [0.29, 0.717) is 24.9 Å². The number of Topliss-reactive ketones (excluding diaryl/α,β-unsaturated/α-hetero) is 1. The maximum Gasteiger partial charge on any atom is 0.220 e. The number of benzene rings is 2. The Hall–Kier alpha value is -3.81. The second-order valence-corrected chi connectivity index (χ2v) is 9.86. The second-order valence-electron chi connectivity index (χ2n) is 9.86. The highest BCUT2D eigenvalue weighted by Gasteiger charge is 2.17. The summed E-state index contributed by atoms with van der Waals surface area (Å²) in [5.41, 5.74) is 7.71. The number of imidazole rings is 1. The van der Waals surface area contributed by atoms with Crippen LogP contribution in [0.5, 0.6) is 0 Å². The molecule has 0 aliphatic carbocycles. The van der Waals surface area contributed by atoms with Crippen LogP contribution >= 0.6 is 0 Å². The molecule has 0 bridgehead atoms. The molecule has 1 amide bonds. The number of aromatic nitrogens is 2. The molecule has 1 saturated heterocycles. The number of nitrogens with one attached hydrogen (secondary N) is 1. The number of rotatable bonds is 9. The van der Waals surface area contributed by atoms with Crippen LogP contribution in [0.25, 0.3) is 28.0 Å². The fourth-order valence-corrected chi connectivity index (χ4v) is 4.84. The number of hydrogen-bond acceptors (Lipinski definition) is 5. The van der Waals surface area contributed by atoms with E-state index in [1.165, 1.54) is 5.56 Å². The van der Waals surface area contributed by atoms with Gasteiger partial charge in [-0.15, -0.1) is 0 Å². The minimum atomic E-state index is 0.0408. The minimum absolute atomic E-state index is 0.0408. The Labute approximate surface area is 223 Å². The number of nitrogens with zero attached hydrogens (tertiary/aromatic N) is 3. The summed E-state index contributed by atoms with van der Waals surface area (Å²) in [6, 6.07) is 20.1. The maximum atomic E-state index is 12.8. The van der Waals surface area contributed by atoms with Crippen molar-refractivity contribution in [3.8, 4) is 22.4 Å². The lowest BCUT2D eigenvalue weighted by molar-refractivity contribution is -0.121. The SMILES string of the molecule is CC(=O)c1ccc(-c2ccc3nc(-c4ccc(C)cc4)c(CCC(=O)NCCN4CCOCC4)n3c2)cc1. The molecule has 0 unspecified atom stereocenters. The molecule has 2 aromatic carbocycles. The largest absolute Gasteiger partial charge is 0.379 e. The summed E-state index contributed by atoms with van der Waals surface area (Å²) in [4.78, 5) is 31.7. The predicted octanol–water partition coefficient (Wildman–Crippen LogP) is 4.56. The zero-order chi connectivity index (χ0) is 26.5. The van der Waals surface area contributed by atoms with Crippen molar-refractivity contribution in [3.05, 3.63) is 83.7 Å². The minimum Gasteiger partial charge on any atom is -0.379 e. The molecule has 7 heteroatoms. The number of carbonyl (C=O) groups is 2. The van der Waals surface area contributed by atoms with Crippen molar-refractivity contribution in [1.82, 2.24) is 19.6 Å². The van der Waals surface area contributed by atoms with Crippen molar-refractivity contribution in [3.63, 3.8) is 0 Å². The van der Waals surface area contributed by atoms with Crippen molar-refractivity contribution < 1.29 is 14.3 Å². The number of aryl methyl sites for hydroxylation is 2. The van der Waals surface area contributed by atoms with Gasteiger partial charge in [0.2, 0.25) is 5.91 Å². The monoisotopic (exact) mass is 510 g/mol. The van der Waals surface area contributed by atoms with E-state index in [0.717, 1.165) is 66.6 Å². The Balaban J connectivity index is 1.38. The van der Waals surface area contributed by atoms with Crippen molar-refractivity contribution in [2.75, 3.05) is 39.4 Å². The number of ketones is 1. The highest BCUT2D eigenvalue weighted by molar-refractivity contribution is 5.94. The number of hydrogen-bond donors (Lipinski definition) is 1. The smallest absolute Gasteiger partial charge is 0.220 e. The van der Waals surface area contributed by atoms with E-state index in [-0.39, 0.29) is 11.7 Å². The van der Waals surface area contributed by atoms with Crippen LogP contribution in [0.1, 0.15) is 35.0 Å². The molecule has 4 aromatic rings. The molecule has 3 heterocycles. The lowest BCUT2D eigenvalue weighted by Crippen LogP contribution is -2.41. The van der Waals surface area contributed by atoms with Gasteiger partial charge in [0.1, 0.15) is 5.65 Å². The number of amides is 1. The summed E-state index contributed by atoms with van der Waals surface area (Å²) < 4.78 is 7.50. The molecule has 0 atom stereocenters. The predicted molar refractivity (Wildman–Crippen MR) is 149 cm³/mol. The van der Waals surface area contributed by atoms with E-state index in [2.05, 4.69) is 52.0 Å². The van der Waals surface area contributed by atoms with E-state index in [4.69, 9.17) is 9.72 Å². The van der Waals surface area contributed by atoms with Crippen molar-refractivity contribution in [1.29, 1.82) is 0 Å². The summed E-state index contributed by atoms with van der Waals surface area (Å²) in [6.45, 7) is 8.46. The van der Waals surface area contributed by atoms with Crippen LogP contribution in [-0.2, 0) is 16.0 Å². The average Bonchev–Trinajstić information content (AvgIpc) is 3.30. The topological polar surface area (TPSA) is 75.9 Å². The van der Waals surface area contributed by atoms with Crippen LogP contribution in [0.4, 0.5) is 0 Å². The molecular formula is C31H34N4O3. The molecule has 1 fully saturated rings. The first-order valence-corrected chi connectivity index (χ1v) is 13.2. The van der Waals surface area contributed by atoms with E-state index < -0.39 is 0 Å². The summed E-state index contributed by atoms with van der Waals surface area (Å²) >= 11 is 0. The summed E-state index contributed by atoms with van der Waals surface area (Å²) in [7, 11) is 0. The van der Waals surface area contributed by atoms with Crippen molar-refractivity contribution >= 4 is 17.3 Å². The van der Waals surface area contributed by atoms with Gasteiger partial charge >= 0.3 is 0 Å². The van der Waals surface area contributed by atoms with Crippen molar-refractivity contribution in [2.24, 2.45) is 0 Å². The van der Waals surface area contributed by atoms with Gasteiger partial charge in [-0.05, 0) is 43.5 Å². The van der Waals surface area contributed by atoms with Gasteiger partial charge in [0, 0.05) is 49.9 Å². The second kappa shape index (κ2) is 11.7. The Kier molecular flexibility index (Phi) is 7.96. The highest BCUT2D eigenvalue weighted by Crippen LogP contribution is 2.29. The van der Waals surface area contributed by atoms with Crippen LogP contribution < -0.4 is 5.32 Å². The number of pyridine rings is 1. The zero-order valence-electron chi connectivity index (χ0n) is 22.1. The van der Waals surface area contributed by atoms with E-state index >= 15 is 0 Å². The van der Waals surface area contributed by atoms with Crippen LogP contribution in [0.2, 0.25) is 0 Å². The number of carbonyl (C=O) groups excluding carboxylic acids is 2. The summed E-state index contributed by atoms with van der Waals surface area (Å²) in [5.74, 6) is 0.0916. The van der Waals surface area contributed by atoms with Gasteiger partial charge in [-0.2, -0.15) is 0 Å². The first-order valence-electron chi connectivity index (χ1n) is 13.2. The quantitative estimate of drug-likeness (QED) is 0.334. The maximum absolute atomic E-state index is 12.8. The molecule has 5 rings (SSSR count). The fourth-order valence-electron chi connectivity index (χ4n) is 4.84. The number of ether oxygens (including phenoxy) is 1. The molecular weight excluding hydrogens is 476 g/mol. The lowest BCUT2D eigenvalue weighted by atomic mass is 10.0.